The van der Waals surface area contributed by atoms with Crippen LogP contribution in [-0.4, -0.2) is 18.0 Å². The Morgan fingerprint density at radius 2 is 1.72 bits per heavy atom. The van der Waals surface area contributed by atoms with Gasteiger partial charge in [0.25, 0.3) is 0 Å². The van der Waals surface area contributed by atoms with Gasteiger partial charge in [-0.3, -0.25) is 4.79 Å². The Hall–Kier alpha value is -0.370. The van der Waals surface area contributed by atoms with Gasteiger partial charge in [0, 0.05) is 18.4 Å². The fraction of sp³-hybridized carbons (Fsp3) is 0.938. The van der Waals surface area contributed by atoms with E-state index < -0.39 is 0 Å². The average Bonchev–Trinajstić information content (AvgIpc) is 2.80. The Bertz CT molecular complexity index is 346. The predicted molar refractivity (Wildman–Crippen MR) is 69.2 cm³/mol. The Morgan fingerprint density at radius 3 is 2.44 bits per heavy atom. The number of ether oxygens (including phenoxy) is 1. The van der Waals surface area contributed by atoms with Gasteiger partial charge in [-0.2, -0.15) is 0 Å². The topological polar surface area (TPSA) is 26.3 Å². The molecule has 4 rings (SSSR count). The van der Waals surface area contributed by atoms with Crippen molar-refractivity contribution in [2.45, 2.75) is 63.4 Å². The zero-order valence-corrected chi connectivity index (χ0v) is 11.2. The summed E-state index contributed by atoms with van der Waals surface area (Å²) in [4.78, 5) is 12.7. The number of carbonyl (C=O) groups is 1. The Morgan fingerprint density at radius 1 is 1.00 bits per heavy atom. The van der Waals surface area contributed by atoms with Gasteiger partial charge in [-0.15, -0.1) is 0 Å². The Kier molecular flexibility index (Phi) is 2.58. The molecule has 1 aliphatic heterocycles. The zero-order valence-electron chi connectivity index (χ0n) is 11.2. The van der Waals surface area contributed by atoms with Crippen LogP contribution in [0.4, 0.5) is 0 Å². The third-order valence-electron chi connectivity index (χ3n) is 6.06. The van der Waals surface area contributed by atoms with Crippen molar-refractivity contribution in [2.75, 3.05) is 6.61 Å². The van der Waals surface area contributed by atoms with Gasteiger partial charge in [0.1, 0.15) is 5.78 Å². The second kappa shape index (κ2) is 4.06. The second-order valence-electron chi connectivity index (χ2n) is 7.25. The van der Waals surface area contributed by atoms with E-state index >= 15 is 0 Å². The molecule has 3 unspecified atom stereocenters. The van der Waals surface area contributed by atoms with Crippen LogP contribution in [0.1, 0.15) is 57.8 Å². The number of Topliss-reactive ketones (excluding diaryl/α,β-unsaturated/α-hetero) is 1. The van der Waals surface area contributed by atoms with Crippen LogP contribution in [-0.2, 0) is 9.53 Å². The van der Waals surface area contributed by atoms with Crippen molar-refractivity contribution in [3.63, 3.8) is 0 Å². The molecule has 0 N–H and O–H groups in total. The molecule has 0 amide bonds. The van der Waals surface area contributed by atoms with Crippen LogP contribution in [0.5, 0.6) is 0 Å². The third kappa shape index (κ3) is 1.84. The fourth-order valence-electron chi connectivity index (χ4n) is 4.92. The number of rotatable bonds is 2. The van der Waals surface area contributed by atoms with Gasteiger partial charge in [0.15, 0.2) is 0 Å². The number of ketones is 1. The highest BCUT2D eigenvalue weighted by molar-refractivity contribution is 5.84. The number of fused-ring (bicyclic) bond motifs is 1. The summed E-state index contributed by atoms with van der Waals surface area (Å²) in [5.74, 6) is 3.23. The molecule has 0 radical (unpaired) electrons. The molecule has 4 fully saturated rings. The van der Waals surface area contributed by atoms with Crippen molar-refractivity contribution >= 4 is 5.78 Å². The maximum atomic E-state index is 12.7. The molecule has 0 aromatic carbocycles. The molecule has 0 bridgehead atoms. The molecule has 0 aromatic heterocycles. The van der Waals surface area contributed by atoms with Crippen LogP contribution in [0.15, 0.2) is 0 Å². The molecule has 3 saturated carbocycles. The van der Waals surface area contributed by atoms with Gasteiger partial charge in [0.2, 0.25) is 0 Å². The lowest BCUT2D eigenvalue weighted by Crippen LogP contribution is -2.41. The van der Waals surface area contributed by atoms with Gasteiger partial charge < -0.3 is 4.74 Å². The molecule has 0 aromatic rings. The standard InChI is InChI=1S/C16H24O2/c17-15(14-8-12-7-13(12)9-14)11-3-6-18-16(10-11)4-1-2-5-16/h11-14H,1-10H2. The van der Waals surface area contributed by atoms with Crippen LogP contribution in [0.25, 0.3) is 0 Å². The van der Waals surface area contributed by atoms with Gasteiger partial charge in [-0.05, 0) is 56.8 Å². The van der Waals surface area contributed by atoms with E-state index in [1.807, 2.05) is 0 Å². The molecule has 1 saturated heterocycles. The molecule has 4 aliphatic rings. The summed E-state index contributed by atoms with van der Waals surface area (Å²) in [6.45, 7) is 0.829. The largest absolute Gasteiger partial charge is 0.375 e. The predicted octanol–water partition coefficient (Wildman–Crippen LogP) is 3.34. The fourth-order valence-corrected chi connectivity index (χ4v) is 4.92. The summed E-state index contributed by atoms with van der Waals surface area (Å²) in [5, 5.41) is 0. The maximum absolute atomic E-state index is 12.7. The van der Waals surface area contributed by atoms with E-state index in [4.69, 9.17) is 4.74 Å². The van der Waals surface area contributed by atoms with E-state index in [1.54, 1.807) is 0 Å². The number of carbonyl (C=O) groups excluding carboxylic acids is 1. The van der Waals surface area contributed by atoms with Crippen LogP contribution < -0.4 is 0 Å². The van der Waals surface area contributed by atoms with Gasteiger partial charge in [-0.25, -0.2) is 0 Å². The van der Waals surface area contributed by atoms with Crippen molar-refractivity contribution < 1.29 is 9.53 Å². The normalized spacial score (nSPS) is 45.1. The van der Waals surface area contributed by atoms with Crippen molar-refractivity contribution in [2.24, 2.45) is 23.7 Å². The number of hydrogen-bond acceptors (Lipinski definition) is 2. The Labute approximate surface area is 109 Å². The van der Waals surface area contributed by atoms with E-state index in [0.717, 1.165) is 31.3 Å². The van der Waals surface area contributed by atoms with Crippen molar-refractivity contribution in [3.8, 4) is 0 Å². The van der Waals surface area contributed by atoms with Gasteiger partial charge >= 0.3 is 0 Å². The van der Waals surface area contributed by atoms with Gasteiger partial charge in [-0.1, -0.05) is 12.8 Å². The summed E-state index contributed by atoms with van der Waals surface area (Å²) in [5.41, 5.74) is 0.111. The van der Waals surface area contributed by atoms with E-state index in [0.29, 0.717) is 17.6 Å². The van der Waals surface area contributed by atoms with Crippen LogP contribution in [0.3, 0.4) is 0 Å². The first kappa shape index (κ1) is 11.5. The van der Waals surface area contributed by atoms with Crippen molar-refractivity contribution in [1.82, 2.24) is 0 Å². The highest BCUT2D eigenvalue weighted by Crippen LogP contribution is 2.55. The lowest BCUT2D eigenvalue weighted by atomic mass is 9.78. The number of hydrogen-bond donors (Lipinski definition) is 0. The molecule has 3 atom stereocenters. The van der Waals surface area contributed by atoms with E-state index in [-0.39, 0.29) is 5.60 Å². The molecule has 1 spiro atoms. The highest BCUT2D eigenvalue weighted by atomic mass is 16.5. The first-order valence-corrected chi connectivity index (χ1v) is 7.93. The van der Waals surface area contributed by atoms with Crippen molar-refractivity contribution in [1.29, 1.82) is 0 Å². The summed E-state index contributed by atoms with van der Waals surface area (Å²) < 4.78 is 6.05. The van der Waals surface area contributed by atoms with Crippen LogP contribution in [0, 0.1) is 23.7 Å². The molecular formula is C16H24O2. The van der Waals surface area contributed by atoms with Crippen LogP contribution in [0.2, 0.25) is 0 Å². The van der Waals surface area contributed by atoms with E-state index in [1.165, 1.54) is 44.9 Å². The highest BCUT2D eigenvalue weighted by Gasteiger charge is 2.50. The molecule has 1 heterocycles. The first-order valence-electron chi connectivity index (χ1n) is 7.93. The molecule has 18 heavy (non-hydrogen) atoms. The molecule has 2 nitrogen and oxygen atoms in total. The average molecular weight is 248 g/mol. The molecule has 3 aliphatic carbocycles. The third-order valence-corrected chi connectivity index (χ3v) is 6.06. The second-order valence-corrected chi connectivity index (χ2v) is 7.25. The minimum absolute atomic E-state index is 0.111. The van der Waals surface area contributed by atoms with Gasteiger partial charge in [0.05, 0.1) is 5.60 Å². The lowest BCUT2D eigenvalue weighted by Gasteiger charge is -2.38. The summed E-state index contributed by atoms with van der Waals surface area (Å²) in [6.07, 6.45) is 10.9. The monoisotopic (exact) mass is 248 g/mol. The van der Waals surface area contributed by atoms with E-state index in [9.17, 15) is 4.79 Å². The summed E-state index contributed by atoms with van der Waals surface area (Å²) in [7, 11) is 0. The lowest BCUT2D eigenvalue weighted by molar-refractivity contribution is -0.140. The quantitative estimate of drug-likeness (QED) is 0.749. The molecule has 100 valence electrons. The van der Waals surface area contributed by atoms with E-state index in [2.05, 4.69) is 0 Å². The molecule has 2 heteroatoms. The summed E-state index contributed by atoms with van der Waals surface area (Å²) >= 11 is 0. The summed E-state index contributed by atoms with van der Waals surface area (Å²) in [6, 6.07) is 0. The Balaban J connectivity index is 1.42. The maximum Gasteiger partial charge on any atom is 0.139 e. The minimum Gasteiger partial charge on any atom is -0.375 e. The zero-order chi connectivity index (χ0) is 12.2. The SMILES string of the molecule is O=C(C1CC2CC2C1)C1CCOC2(CCCC2)C1. The van der Waals surface area contributed by atoms with Crippen LogP contribution >= 0.6 is 0 Å². The molecular weight excluding hydrogens is 224 g/mol. The minimum atomic E-state index is 0.111. The smallest absolute Gasteiger partial charge is 0.139 e. The van der Waals surface area contributed by atoms with Crippen molar-refractivity contribution in [3.05, 3.63) is 0 Å². The first-order chi connectivity index (χ1) is 8.76.